The predicted octanol–water partition coefficient (Wildman–Crippen LogP) is 4.01. The Labute approximate surface area is 143 Å². The van der Waals surface area contributed by atoms with Gasteiger partial charge in [-0.25, -0.2) is 0 Å². The van der Waals surface area contributed by atoms with Crippen molar-refractivity contribution in [3.8, 4) is 0 Å². The van der Waals surface area contributed by atoms with Crippen molar-refractivity contribution in [1.29, 1.82) is 0 Å². The van der Waals surface area contributed by atoms with Crippen molar-refractivity contribution in [3.63, 3.8) is 0 Å². The number of esters is 1. The summed E-state index contributed by atoms with van der Waals surface area (Å²) in [5.41, 5.74) is 2.38. The molecule has 1 fully saturated rings. The number of methoxy groups -OCH3 is 2. The van der Waals surface area contributed by atoms with E-state index in [2.05, 4.69) is 31.2 Å². The van der Waals surface area contributed by atoms with Crippen LogP contribution in [0.4, 0.5) is 0 Å². The maximum absolute atomic E-state index is 12.6. The van der Waals surface area contributed by atoms with E-state index in [1.54, 1.807) is 7.11 Å². The molecule has 3 rings (SSSR count). The second-order valence-electron chi connectivity index (χ2n) is 6.48. The molecule has 1 aliphatic carbocycles. The maximum atomic E-state index is 12.6. The minimum Gasteiger partial charge on any atom is -0.469 e. The molecule has 5 atom stereocenters. The summed E-state index contributed by atoms with van der Waals surface area (Å²) < 4.78 is 11.0. The monoisotopic (exact) mass is 324 g/mol. The van der Waals surface area contributed by atoms with Crippen LogP contribution in [0.5, 0.6) is 0 Å². The highest BCUT2D eigenvalue weighted by atomic mass is 16.5. The Kier molecular flexibility index (Phi) is 5.00. The topological polar surface area (TPSA) is 35.5 Å². The molecule has 2 aromatic carbocycles. The average molecular weight is 324 g/mol. The van der Waals surface area contributed by atoms with E-state index in [0.29, 0.717) is 0 Å². The molecule has 3 nitrogen and oxygen atoms in total. The van der Waals surface area contributed by atoms with Crippen LogP contribution in [-0.4, -0.2) is 26.3 Å². The van der Waals surface area contributed by atoms with Gasteiger partial charge in [-0.05, 0) is 17.0 Å². The van der Waals surface area contributed by atoms with Crippen molar-refractivity contribution in [2.75, 3.05) is 14.2 Å². The summed E-state index contributed by atoms with van der Waals surface area (Å²) in [6.07, 6.45) is -0.194. The van der Waals surface area contributed by atoms with Crippen LogP contribution in [0.3, 0.4) is 0 Å². The molecule has 1 aliphatic rings. The lowest BCUT2D eigenvalue weighted by atomic mass is 9.81. The second kappa shape index (κ2) is 7.18. The third-order valence-electron chi connectivity index (χ3n) is 5.34. The summed E-state index contributed by atoms with van der Waals surface area (Å²) in [5, 5.41) is 0. The Morgan fingerprint density at radius 1 is 0.833 bits per heavy atom. The highest BCUT2D eigenvalue weighted by Crippen LogP contribution is 2.53. The first kappa shape index (κ1) is 16.7. The molecule has 2 aromatic rings. The van der Waals surface area contributed by atoms with Gasteiger partial charge in [0.25, 0.3) is 0 Å². The Morgan fingerprint density at radius 2 is 1.33 bits per heavy atom. The Balaban J connectivity index is 2.08. The van der Waals surface area contributed by atoms with Gasteiger partial charge in [0.05, 0.1) is 19.1 Å². The number of ether oxygens (including phenoxy) is 2. The quantitative estimate of drug-likeness (QED) is 0.797. The highest BCUT2D eigenvalue weighted by molar-refractivity contribution is 5.75. The Morgan fingerprint density at radius 3 is 1.79 bits per heavy atom. The third kappa shape index (κ3) is 2.84. The lowest BCUT2D eigenvalue weighted by Gasteiger charge is -2.24. The van der Waals surface area contributed by atoms with E-state index in [1.165, 1.54) is 18.2 Å². The number of benzene rings is 2. The van der Waals surface area contributed by atoms with Gasteiger partial charge in [-0.2, -0.15) is 0 Å². The SMILES string of the molecule is COC(=O)[C@@H]1[C@H](OC)[C@H](c2ccccc2)[C@H](C)[C@H]1c1ccccc1. The summed E-state index contributed by atoms with van der Waals surface area (Å²) in [4.78, 5) is 12.6. The lowest BCUT2D eigenvalue weighted by Crippen LogP contribution is -2.32. The fourth-order valence-electron chi connectivity index (χ4n) is 4.34. The van der Waals surface area contributed by atoms with Crippen LogP contribution in [0.25, 0.3) is 0 Å². The highest BCUT2D eigenvalue weighted by Gasteiger charge is 2.53. The first-order valence-electron chi connectivity index (χ1n) is 8.39. The normalized spacial score (nSPS) is 29.4. The zero-order chi connectivity index (χ0) is 17.1. The third-order valence-corrected chi connectivity index (χ3v) is 5.34. The van der Waals surface area contributed by atoms with Crippen LogP contribution >= 0.6 is 0 Å². The van der Waals surface area contributed by atoms with Gasteiger partial charge in [-0.15, -0.1) is 0 Å². The molecule has 0 N–H and O–H groups in total. The van der Waals surface area contributed by atoms with Gasteiger partial charge in [0.15, 0.2) is 0 Å². The molecule has 0 bridgehead atoms. The fraction of sp³-hybridized carbons (Fsp3) is 0.381. The van der Waals surface area contributed by atoms with Crippen molar-refractivity contribution in [1.82, 2.24) is 0 Å². The smallest absolute Gasteiger partial charge is 0.311 e. The van der Waals surface area contributed by atoms with Crippen molar-refractivity contribution >= 4 is 5.97 Å². The van der Waals surface area contributed by atoms with Gasteiger partial charge in [-0.3, -0.25) is 4.79 Å². The zero-order valence-electron chi connectivity index (χ0n) is 14.4. The van der Waals surface area contributed by atoms with Crippen LogP contribution in [0, 0.1) is 11.8 Å². The number of carbonyl (C=O) groups is 1. The van der Waals surface area contributed by atoms with Crippen LogP contribution < -0.4 is 0 Å². The van der Waals surface area contributed by atoms with Crippen LogP contribution in [-0.2, 0) is 14.3 Å². The number of hydrogen-bond acceptors (Lipinski definition) is 3. The molecule has 0 aliphatic heterocycles. The molecule has 0 aromatic heterocycles. The molecule has 0 amide bonds. The number of carbonyl (C=O) groups excluding carboxylic acids is 1. The molecule has 0 heterocycles. The minimum atomic E-state index is -0.303. The van der Waals surface area contributed by atoms with Gasteiger partial charge in [0.2, 0.25) is 0 Å². The van der Waals surface area contributed by atoms with Crippen molar-refractivity contribution in [2.24, 2.45) is 11.8 Å². The Hall–Kier alpha value is -2.13. The fourth-order valence-corrected chi connectivity index (χ4v) is 4.34. The van der Waals surface area contributed by atoms with Crippen molar-refractivity contribution in [2.45, 2.75) is 24.9 Å². The van der Waals surface area contributed by atoms with Gasteiger partial charge in [0, 0.05) is 18.9 Å². The van der Waals surface area contributed by atoms with Gasteiger partial charge >= 0.3 is 5.97 Å². The number of rotatable bonds is 4. The Bertz CT molecular complexity index is 668. The zero-order valence-corrected chi connectivity index (χ0v) is 14.4. The molecule has 126 valence electrons. The van der Waals surface area contributed by atoms with Crippen molar-refractivity contribution in [3.05, 3.63) is 71.8 Å². The van der Waals surface area contributed by atoms with Gasteiger partial charge < -0.3 is 9.47 Å². The summed E-state index contributed by atoms with van der Waals surface area (Å²) in [6, 6.07) is 20.6. The van der Waals surface area contributed by atoms with Crippen LogP contribution in [0.15, 0.2) is 60.7 Å². The van der Waals surface area contributed by atoms with E-state index >= 15 is 0 Å². The molecule has 24 heavy (non-hydrogen) atoms. The molecular formula is C21H24O3. The van der Waals surface area contributed by atoms with Gasteiger partial charge in [-0.1, -0.05) is 67.6 Å². The van der Waals surface area contributed by atoms with E-state index in [9.17, 15) is 4.79 Å². The van der Waals surface area contributed by atoms with Crippen molar-refractivity contribution < 1.29 is 14.3 Å². The molecular weight excluding hydrogens is 300 g/mol. The molecule has 0 spiro atoms. The standard InChI is InChI=1S/C21H24O3/c1-14-17(15-10-6-4-7-11-15)19(21(22)24-3)20(23-2)18(14)16-12-8-5-9-13-16/h4-14,17-20H,1-3H3/t14-,17+,18+,19+,20-/m1/s1. The van der Waals surface area contributed by atoms with E-state index in [4.69, 9.17) is 9.47 Å². The first-order chi connectivity index (χ1) is 11.7. The average Bonchev–Trinajstić information content (AvgIpc) is 2.94. The lowest BCUT2D eigenvalue weighted by molar-refractivity contribution is -0.150. The van der Waals surface area contributed by atoms with Gasteiger partial charge in [0.1, 0.15) is 0 Å². The van der Waals surface area contributed by atoms with E-state index in [0.717, 1.165) is 0 Å². The van der Waals surface area contributed by atoms with E-state index < -0.39 is 0 Å². The first-order valence-corrected chi connectivity index (χ1v) is 8.39. The molecule has 0 unspecified atom stereocenters. The molecule has 1 saturated carbocycles. The summed E-state index contributed by atoms with van der Waals surface area (Å²) in [6.45, 7) is 2.21. The summed E-state index contributed by atoms with van der Waals surface area (Å²) >= 11 is 0. The summed E-state index contributed by atoms with van der Waals surface area (Å²) in [7, 11) is 3.15. The minimum absolute atomic E-state index is 0.0776. The largest absolute Gasteiger partial charge is 0.469 e. The molecule has 3 heteroatoms. The maximum Gasteiger partial charge on any atom is 0.311 e. The molecule has 0 radical (unpaired) electrons. The van der Waals surface area contributed by atoms with Crippen LogP contribution in [0.2, 0.25) is 0 Å². The predicted molar refractivity (Wildman–Crippen MR) is 93.8 cm³/mol. The summed E-state index contributed by atoms with van der Waals surface area (Å²) in [5.74, 6) is 0.00625. The van der Waals surface area contributed by atoms with E-state index in [1.807, 2.05) is 36.4 Å². The number of hydrogen-bond donors (Lipinski definition) is 0. The second-order valence-corrected chi connectivity index (χ2v) is 6.48. The van der Waals surface area contributed by atoms with Crippen LogP contribution in [0.1, 0.15) is 29.9 Å². The van der Waals surface area contributed by atoms with E-state index in [-0.39, 0.29) is 35.7 Å². The molecule has 0 saturated heterocycles.